The minimum Gasteiger partial charge on any atom is -0.478 e. The van der Waals surface area contributed by atoms with E-state index in [1.54, 1.807) is 26.8 Å². The van der Waals surface area contributed by atoms with Gasteiger partial charge in [-0.1, -0.05) is 0 Å². The number of nitrogens with zero attached hydrogens (tertiary/aromatic N) is 1. The van der Waals surface area contributed by atoms with Gasteiger partial charge in [0.25, 0.3) is 0 Å². The monoisotopic (exact) mass is 353 g/mol. The highest BCUT2D eigenvalue weighted by atomic mass is 19.1. The molecule has 0 saturated carbocycles. The molecule has 0 atom stereocenters. The number of carboxylic acids is 1. The number of aromatic carboxylic acids is 1. The van der Waals surface area contributed by atoms with E-state index < -0.39 is 29.0 Å². The zero-order valence-electron chi connectivity index (χ0n) is 14.7. The van der Waals surface area contributed by atoms with E-state index in [2.05, 4.69) is 0 Å². The standard InChI is InChI=1S/C18H24FNO5/c1-17(2,3)25-15(21)11-18(24)6-8-20(9-7-18)12-4-5-13(16(22)23)14(19)10-12/h4-5,10,24H,6-9,11H2,1-3H3,(H,22,23). The molecular weight excluding hydrogens is 329 g/mol. The molecule has 1 heterocycles. The van der Waals surface area contributed by atoms with Crippen LogP contribution >= 0.6 is 0 Å². The lowest BCUT2D eigenvalue weighted by Gasteiger charge is -2.39. The number of hydrogen-bond donors (Lipinski definition) is 2. The van der Waals surface area contributed by atoms with Gasteiger partial charge in [-0.2, -0.15) is 0 Å². The summed E-state index contributed by atoms with van der Waals surface area (Å²) in [6.45, 7) is 6.18. The molecule has 1 aliphatic heterocycles. The lowest BCUT2D eigenvalue weighted by molar-refractivity contribution is -0.161. The van der Waals surface area contributed by atoms with Gasteiger partial charge < -0.3 is 19.8 Å². The Bertz CT molecular complexity index is 660. The van der Waals surface area contributed by atoms with Crippen molar-refractivity contribution < 1.29 is 28.9 Å². The fourth-order valence-corrected chi connectivity index (χ4v) is 2.88. The summed E-state index contributed by atoms with van der Waals surface area (Å²) in [5, 5.41) is 19.5. The molecule has 25 heavy (non-hydrogen) atoms. The summed E-state index contributed by atoms with van der Waals surface area (Å²) >= 11 is 0. The van der Waals surface area contributed by atoms with Crippen molar-refractivity contribution in [1.82, 2.24) is 0 Å². The third-order valence-electron chi connectivity index (χ3n) is 4.14. The van der Waals surface area contributed by atoms with E-state index >= 15 is 0 Å². The maximum atomic E-state index is 13.8. The Labute approximate surface area is 146 Å². The lowest BCUT2D eigenvalue weighted by Crippen LogP contribution is -2.46. The molecule has 1 aromatic rings. The van der Waals surface area contributed by atoms with Gasteiger partial charge in [0.1, 0.15) is 11.4 Å². The smallest absolute Gasteiger partial charge is 0.338 e. The van der Waals surface area contributed by atoms with Crippen LogP contribution in [0.2, 0.25) is 0 Å². The first-order valence-electron chi connectivity index (χ1n) is 8.21. The summed E-state index contributed by atoms with van der Waals surface area (Å²) in [5.41, 5.74) is -1.56. The Balaban J connectivity index is 1.98. The molecule has 0 spiro atoms. The molecule has 0 amide bonds. The number of hydrogen-bond acceptors (Lipinski definition) is 5. The van der Waals surface area contributed by atoms with Gasteiger partial charge in [-0.25, -0.2) is 9.18 Å². The quantitative estimate of drug-likeness (QED) is 0.809. The van der Waals surface area contributed by atoms with Crippen LogP contribution < -0.4 is 4.90 Å². The van der Waals surface area contributed by atoms with E-state index in [0.717, 1.165) is 0 Å². The van der Waals surface area contributed by atoms with E-state index in [0.29, 0.717) is 31.6 Å². The lowest BCUT2D eigenvalue weighted by atomic mass is 9.88. The van der Waals surface area contributed by atoms with Crippen LogP contribution in [0, 0.1) is 5.82 Å². The molecule has 1 aromatic carbocycles. The molecule has 1 saturated heterocycles. The molecule has 2 N–H and O–H groups in total. The number of rotatable bonds is 4. The van der Waals surface area contributed by atoms with Crippen molar-refractivity contribution in [3.8, 4) is 0 Å². The maximum Gasteiger partial charge on any atom is 0.338 e. The van der Waals surface area contributed by atoms with Crippen LogP contribution in [0.3, 0.4) is 0 Å². The first kappa shape index (κ1) is 19.2. The largest absolute Gasteiger partial charge is 0.478 e. The SMILES string of the molecule is CC(C)(C)OC(=O)CC1(O)CCN(c2ccc(C(=O)O)c(F)c2)CC1. The molecule has 0 aliphatic carbocycles. The average molecular weight is 353 g/mol. The van der Waals surface area contributed by atoms with Crippen molar-refractivity contribution in [2.24, 2.45) is 0 Å². The van der Waals surface area contributed by atoms with Gasteiger partial charge in [-0.3, -0.25) is 4.79 Å². The van der Waals surface area contributed by atoms with Crippen LogP contribution in [-0.2, 0) is 9.53 Å². The predicted molar refractivity (Wildman–Crippen MR) is 90.2 cm³/mol. The van der Waals surface area contributed by atoms with Crippen LogP contribution in [0.4, 0.5) is 10.1 Å². The normalized spacial score (nSPS) is 17.2. The van der Waals surface area contributed by atoms with Gasteiger partial charge in [0.05, 0.1) is 17.6 Å². The van der Waals surface area contributed by atoms with E-state index in [-0.39, 0.29) is 12.0 Å². The molecule has 138 valence electrons. The van der Waals surface area contributed by atoms with Crippen molar-refractivity contribution in [3.05, 3.63) is 29.6 Å². The summed E-state index contributed by atoms with van der Waals surface area (Å²) < 4.78 is 19.1. The molecule has 1 fully saturated rings. The average Bonchev–Trinajstić information content (AvgIpc) is 2.44. The molecule has 0 aromatic heterocycles. The van der Waals surface area contributed by atoms with Crippen LogP contribution in [0.25, 0.3) is 0 Å². The summed E-state index contributed by atoms with van der Waals surface area (Å²) in [7, 11) is 0. The van der Waals surface area contributed by atoms with Gasteiger partial charge in [-0.15, -0.1) is 0 Å². The van der Waals surface area contributed by atoms with E-state index in [4.69, 9.17) is 9.84 Å². The molecule has 1 aliphatic rings. The molecular formula is C18H24FNO5. The number of anilines is 1. The Morgan fingerprint density at radius 2 is 1.88 bits per heavy atom. The highest BCUT2D eigenvalue weighted by Crippen LogP contribution is 2.30. The van der Waals surface area contributed by atoms with Crippen molar-refractivity contribution in [1.29, 1.82) is 0 Å². The van der Waals surface area contributed by atoms with Gasteiger partial charge in [0, 0.05) is 18.8 Å². The second-order valence-corrected chi connectivity index (χ2v) is 7.44. The highest BCUT2D eigenvalue weighted by Gasteiger charge is 2.36. The van der Waals surface area contributed by atoms with Crippen molar-refractivity contribution in [3.63, 3.8) is 0 Å². The summed E-state index contributed by atoms with van der Waals surface area (Å²) in [6.07, 6.45) is 0.605. The Morgan fingerprint density at radius 3 is 2.36 bits per heavy atom. The highest BCUT2D eigenvalue weighted by molar-refractivity contribution is 5.88. The minimum absolute atomic E-state index is 0.0789. The Morgan fingerprint density at radius 1 is 1.28 bits per heavy atom. The number of ether oxygens (including phenoxy) is 1. The number of carbonyl (C=O) groups excluding carboxylic acids is 1. The third kappa shape index (κ3) is 5.16. The Kier molecular flexibility index (Phi) is 5.37. The van der Waals surface area contributed by atoms with Crippen molar-refractivity contribution in [2.75, 3.05) is 18.0 Å². The van der Waals surface area contributed by atoms with Crippen molar-refractivity contribution in [2.45, 2.75) is 51.2 Å². The van der Waals surface area contributed by atoms with Gasteiger partial charge in [0.15, 0.2) is 0 Å². The first-order chi connectivity index (χ1) is 11.5. The molecule has 2 rings (SSSR count). The number of aliphatic hydroxyl groups is 1. The molecule has 0 bridgehead atoms. The number of halogens is 1. The van der Waals surface area contributed by atoms with Crippen LogP contribution in [0.15, 0.2) is 18.2 Å². The van der Waals surface area contributed by atoms with E-state index in [1.165, 1.54) is 12.1 Å². The van der Waals surface area contributed by atoms with Crippen LogP contribution in [-0.4, -0.2) is 46.4 Å². The first-order valence-corrected chi connectivity index (χ1v) is 8.21. The predicted octanol–water partition coefficient (Wildman–Crippen LogP) is 2.59. The van der Waals surface area contributed by atoms with Gasteiger partial charge >= 0.3 is 11.9 Å². The van der Waals surface area contributed by atoms with E-state index in [9.17, 15) is 19.1 Å². The number of carboxylic acid groups (broad SMARTS) is 1. The number of piperidine rings is 1. The van der Waals surface area contributed by atoms with E-state index in [1.807, 2.05) is 4.90 Å². The number of carbonyl (C=O) groups is 2. The van der Waals surface area contributed by atoms with Crippen LogP contribution in [0.1, 0.15) is 50.4 Å². The summed E-state index contributed by atoms with van der Waals surface area (Å²) in [4.78, 5) is 24.7. The third-order valence-corrected chi connectivity index (χ3v) is 4.14. The Hall–Kier alpha value is -2.15. The minimum atomic E-state index is -1.31. The van der Waals surface area contributed by atoms with Gasteiger partial charge in [0.2, 0.25) is 0 Å². The maximum absolute atomic E-state index is 13.8. The molecule has 0 unspecified atom stereocenters. The molecule has 7 heteroatoms. The fourth-order valence-electron chi connectivity index (χ4n) is 2.88. The number of esters is 1. The zero-order chi connectivity index (χ0) is 18.8. The summed E-state index contributed by atoms with van der Waals surface area (Å²) in [6, 6.07) is 3.96. The topological polar surface area (TPSA) is 87.1 Å². The molecule has 0 radical (unpaired) electrons. The molecule has 6 nitrogen and oxygen atoms in total. The second-order valence-electron chi connectivity index (χ2n) is 7.44. The fraction of sp³-hybridized carbons (Fsp3) is 0.556. The summed E-state index contributed by atoms with van der Waals surface area (Å²) in [5.74, 6) is -2.55. The second kappa shape index (κ2) is 7.00. The van der Waals surface area contributed by atoms with Crippen LogP contribution in [0.5, 0.6) is 0 Å². The van der Waals surface area contributed by atoms with Gasteiger partial charge in [-0.05, 0) is 51.8 Å². The zero-order valence-corrected chi connectivity index (χ0v) is 14.7. The number of benzene rings is 1. The van der Waals surface area contributed by atoms with Crippen molar-refractivity contribution >= 4 is 17.6 Å².